The first-order valence-electron chi connectivity index (χ1n) is 5.90. The normalized spacial score (nSPS) is 10.6. The number of aromatic nitrogens is 2. The van der Waals surface area contributed by atoms with E-state index in [0.717, 1.165) is 5.69 Å². The van der Waals surface area contributed by atoms with Crippen LogP contribution in [0.1, 0.15) is 5.76 Å². The number of fused-ring (bicyclic) bond motifs is 1. The Balaban J connectivity index is 1.99. The average molecular weight is 270 g/mol. The van der Waals surface area contributed by atoms with E-state index in [1.165, 1.54) is 12.3 Å². The molecule has 0 aliphatic carbocycles. The molecule has 0 spiro atoms. The number of hydrogen-bond acceptors (Lipinski definition) is 6. The summed E-state index contributed by atoms with van der Waals surface area (Å²) in [5.41, 5.74) is 0.822. The number of nitrogens with zero attached hydrogens (tertiary/aromatic N) is 3. The summed E-state index contributed by atoms with van der Waals surface area (Å²) >= 11 is 0. The second-order valence-electron chi connectivity index (χ2n) is 4.14. The number of rotatable bonds is 4. The zero-order valence-corrected chi connectivity index (χ0v) is 10.3. The maximum Gasteiger partial charge on any atom is 0.277 e. The minimum absolute atomic E-state index is 0.0626. The van der Waals surface area contributed by atoms with Gasteiger partial charge >= 0.3 is 0 Å². The summed E-state index contributed by atoms with van der Waals surface area (Å²) in [6.07, 6.45) is 4.70. The molecule has 3 rings (SSSR count). The molecule has 0 amide bonds. The smallest absolute Gasteiger partial charge is 0.277 e. The van der Waals surface area contributed by atoms with Crippen LogP contribution in [0.25, 0.3) is 10.8 Å². The molecule has 0 radical (unpaired) electrons. The van der Waals surface area contributed by atoms with Gasteiger partial charge in [-0.1, -0.05) is 5.16 Å². The van der Waals surface area contributed by atoms with Gasteiger partial charge in [-0.05, 0) is 12.1 Å². The molecule has 100 valence electrons. The minimum atomic E-state index is -0.400. The molecule has 0 aliphatic rings. The van der Waals surface area contributed by atoms with E-state index < -0.39 is 4.92 Å². The van der Waals surface area contributed by atoms with Gasteiger partial charge in [0.15, 0.2) is 5.76 Å². The lowest BCUT2D eigenvalue weighted by Crippen LogP contribution is -2.00. The topological polar surface area (TPSA) is 94.1 Å². The highest BCUT2D eigenvalue weighted by Crippen LogP contribution is 2.30. The highest BCUT2D eigenvalue weighted by atomic mass is 16.6. The molecule has 1 N–H and O–H groups in total. The van der Waals surface area contributed by atoms with Crippen LogP contribution in [0.2, 0.25) is 0 Å². The van der Waals surface area contributed by atoms with E-state index in [1.807, 2.05) is 0 Å². The van der Waals surface area contributed by atoms with Crippen LogP contribution in [0, 0.1) is 10.1 Å². The van der Waals surface area contributed by atoms with Gasteiger partial charge in [0.05, 0.1) is 23.1 Å². The van der Waals surface area contributed by atoms with Gasteiger partial charge in [0, 0.05) is 35.6 Å². The lowest BCUT2D eigenvalue weighted by Gasteiger charge is -2.08. The number of nitrogens with one attached hydrogen (secondary N) is 1. The molecule has 7 heteroatoms. The summed E-state index contributed by atoms with van der Waals surface area (Å²) in [6, 6.07) is 6.52. The molecule has 0 unspecified atom stereocenters. The Morgan fingerprint density at radius 1 is 1.20 bits per heavy atom. The van der Waals surface area contributed by atoms with E-state index in [9.17, 15) is 10.1 Å². The molecule has 0 fully saturated rings. The number of benzene rings is 1. The number of pyridine rings is 1. The second-order valence-corrected chi connectivity index (χ2v) is 4.14. The van der Waals surface area contributed by atoms with Crippen molar-refractivity contribution in [1.82, 2.24) is 10.1 Å². The third-order valence-electron chi connectivity index (χ3n) is 2.94. The Hall–Kier alpha value is -2.96. The number of anilines is 1. The van der Waals surface area contributed by atoms with Gasteiger partial charge in [-0.2, -0.15) is 0 Å². The Morgan fingerprint density at radius 2 is 2.10 bits per heavy atom. The van der Waals surface area contributed by atoms with E-state index in [0.29, 0.717) is 23.1 Å². The van der Waals surface area contributed by atoms with Gasteiger partial charge in [0.25, 0.3) is 5.69 Å². The number of nitro groups is 1. The maximum atomic E-state index is 11.0. The first kappa shape index (κ1) is 12.1. The SMILES string of the molecule is O=[N+]([O-])c1ccc(NCc2ccno2)c2cnccc12. The number of non-ortho nitro benzene ring substituents is 1. The molecule has 0 aliphatic heterocycles. The Labute approximate surface area is 113 Å². The van der Waals surface area contributed by atoms with Crippen LogP contribution >= 0.6 is 0 Å². The first-order chi connectivity index (χ1) is 9.75. The average Bonchev–Trinajstić information content (AvgIpc) is 2.97. The van der Waals surface area contributed by atoms with Gasteiger partial charge in [0.2, 0.25) is 0 Å². The molecule has 3 aromatic rings. The Kier molecular flexibility index (Phi) is 3.00. The van der Waals surface area contributed by atoms with Crippen LogP contribution in [-0.4, -0.2) is 15.1 Å². The van der Waals surface area contributed by atoms with Crippen LogP contribution in [0.5, 0.6) is 0 Å². The molecule has 2 aromatic heterocycles. The standard InChI is InChI=1S/C13H10N4O3/c18-17(19)13-2-1-12(11-8-14-5-4-10(11)13)15-7-9-3-6-16-20-9/h1-6,8,15H,7H2. The van der Waals surface area contributed by atoms with Crippen molar-refractivity contribution in [1.29, 1.82) is 0 Å². The highest BCUT2D eigenvalue weighted by molar-refractivity contribution is 5.99. The van der Waals surface area contributed by atoms with E-state index in [4.69, 9.17) is 4.52 Å². The number of hydrogen-bond donors (Lipinski definition) is 1. The summed E-state index contributed by atoms with van der Waals surface area (Å²) in [6.45, 7) is 0.446. The second kappa shape index (κ2) is 4.96. The van der Waals surface area contributed by atoms with E-state index >= 15 is 0 Å². The number of nitro benzene ring substituents is 1. The summed E-state index contributed by atoms with van der Waals surface area (Å²) in [4.78, 5) is 14.6. The van der Waals surface area contributed by atoms with Crippen molar-refractivity contribution in [3.63, 3.8) is 0 Å². The molecule has 0 saturated carbocycles. The molecule has 20 heavy (non-hydrogen) atoms. The lowest BCUT2D eigenvalue weighted by molar-refractivity contribution is -0.383. The summed E-state index contributed by atoms with van der Waals surface area (Å²) < 4.78 is 4.99. The molecular weight excluding hydrogens is 260 g/mol. The molecule has 7 nitrogen and oxygen atoms in total. The summed E-state index contributed by atoms with van der Waals surface area (Å²) in [7, 11) is 0. The lowest BCUT2D eigenvalue weighted by atomic mass is 10.1. The van der Waals surface area contributed by atoms with Crippen LogP contribution in [-0.2, 0) is 6.54 Å². The zero-order valence-electron chi connectivity index (χ0n) is 10.3. The van der Waals surface area contributed by atoms with Gasteiger partial charge in [-0.15, -0.1) is 0 Å². The molecule has 2 heterocycles. The summed E-state index contributed by atoms with van der Waals surface area (Å²) in [5, 5.41) is 19.0. The van der Waals surface area contributed by atoms with Crippen LogP contribution in [0.15, 0.2) is 47.4 Å². The van der Waals surface area contributed by atoms with Crippen molar-refractivity contribution in [3.05, 3.63) is 58.7 Å². The van der Waals surface area contributed by atoms with Crippen molar-refractivity contribution in [3.8, 4) is 0 Å². The molecular formula is C13H10N4O3. The fraction of sp³-hybridized carbons (Fsp3) is 0.0769. The van der Waals surface area contributed by atoms with Crippen LogP contribution in [0.3, 0.4) is 0 Å². The van der Waals surface area contributed by atoms with Crippen LogP contribution < -0.4 is 5.32 Å². The molecule has 0 bridgehead atoms. The third-order valence-corrected chi connectivity index (χ3v) is 2.94. The molecule has 0 atom stereocenters. The van der Waals surface area contributed by atoms with Crippen molar-refractivity contribution >= 4 is 22.1 Å². The molecule has 0 saturated heterocycles. The van der Waals surface area contributed by atoms with Crippen molar-refractivity contribution < 1.29 is 9.45 Å². The van der Waals surface area contributed by atoms with E-state index in [2.05, 4.69) is 15.5 Å². The quantitative estimate of drug-likeness (QED) is 0.578. The monoisotopic (exact) mass is 270 g/mol. The summed E-state index contributed by atoms with van der Waals surface area (Å²) in [5.74, 6) is 0.681. The predicted molar refractivity (Wildman–Crippen MR) is 72.2 cm³/mol. The van der Waals surface area contributed by atoms with E-state index in [1.54, 1.807) is 30.6 Å². The van der Waals surface area contributed by atoms with Crippen molar-refractivity contribution in [2.75, 3.05) is 5.32 Å². The van der Waals surface area contributed by atoms with E-state index in [-0.39, 0.29) is 5.69 Å². The predicted octanol–water partition coefficient (Wildman–Crippen LogP) is 2.74. The Morgan fingerprint density at radius 3 is 2.85 bits per heavy atom. The van der Waals surface area contributed by atoms with Crippen molar-refractivity contribution in [2.45, 2.75) is 6.54 Å². The van der Waals surface area contributed by atoms with Crippen molar-refractivity contribution in [2.24, 2.45) is 0 Å². The van der Waals surface area contributed by atoms with Gasteiger partial charge < -0.3 is 9.84 Å². The zero-order chi connectivity index (χ0) is 13.9. The minimum Gasteiger partial charge on any atom is -0.377 e. The van der Waals surface area contributed by atoms with Crippen LogP contribution in [0.4, 0.5) is 11.4 Å². The largest absolute Gasteiger partial charge is 0.377 e. The fourth-order valence-corrected chi connectivity index (χ4v) is 2.00. The molecule has 1 aromatic carbocycles. The van der Waals surface area contributed by atoms with Gasteiger partial charge in [-0.3, -0.25) is 15.1 Å². The fourth-order valence-electron chi connectivity index (χ4n) is 2.00. The maximum absolute atomic E-state index is 11.0. The highest BCUT2D eigenvalue weighted by Gasteiger charge is 2.14. The third kappa shape index (κ3) is 2.16. The van der Waals surface area contributed by atoms with Gasteiger partial charge in [0.1, 0.15) is 0 Å². The first-order valence-corrected chi connectivity index (χ1v) is 5.90. The van der Waals surface area contributed by atoms with Gasteiger partial charge in [-0.25, -0.2) is 0 Å². The Bertz CT molecular complexity index is 755.